The maximum Gasteiger partial charge on any atom is 0.260 e. The quantitative estimate of drug-likeness (QED) is 0.870. The fourth-order valence-corrected chi connectivity index (χ4v) is 2.01. The van der Waals surface area contributed by atoms with E-state index < -0.39 is 0 Å². The lowest BCUT2D eigenvalue weighted by Crippen LogP contribution is -2.37. The number of hydrogen-bond acceptors (Lipinski definition) is 4. The second-order valence-corrected chi connectivity index (χ2v) is 5.02. The van der Waals surface area contributed by atoms with Crippen molar-refractivity contribution in [1.29, 1.82) is 0 Å². The van der Waals surface area contributed by atoms with Crippen LogP contribution in [-0.2, 0) is 4.79 Å². The first kappa shape index (κ1) is 13.9. The molecule has 1 fully saturated rings. The molecule has 1 aliphatic rings. The zero-order chi connectivity index (χ0) is 13.7. The van der Waals surface area contributed by atoms with Gasteiger partial charge >= 0.3 is 0 Å². The van der Waals surface area contributed by atoms with Crippen LogP contribution < -0.4 is 10.1 Å². The van der Waals surface area contributed by atoms with Gasteiger partial charge in [0.25, 0.3) is 5.91 Å². The Hall–Kier alpha value is -1.56. The van der Waals surface area contributed by atoms with Gasteiger partial charge in [-0.3, -0.25) is 9.48 Å². The van der Waals surface area contributed by atoms with Gasteiger partial charge in [-0.1, -0.05) is 0 Å². The van der Waals surface area contributed by atoms with Crippen molar-refractivity contribution in [1.82, 2.24) is 20.0 Å². The molecule has 2 rings (SSSR count). The number of carbonyl (C=O) groups excluding carboxylic acids is 1. The Bertz CT molecular complexity index is 409. The number of nitrogens with one attached hydrogen (secondary N) is 1. The Balaban J connectivity index is 1.81. The first-order chi connectivity index (χ1) is 9.16. The van der Waals surface area contributed by atoms with Gasteiger partial charge in [-0.05, 0) is 26.8 Å². The maximum absolute atomic E-state index is 12.0. The van der Waals surface area contributed by atoms with Gasteiger partial charge in [-0.15, -0.1) is 0 Å². The zero-order valence-corrected chi connectivity index (χ0v) is 11.6. The summed E-state index contributed by atoms with van der Waals surface area (Å²) in [5.74, 6) is 0.691. The Morgan fingerprint density at radius 2 is 2.32 bits per heavy atom. The van der Waals surface area contributed by atoms with Crippen LogP contribution in [0.3, 0.4) is 0 Å². The highest BCUT2D eigenvalue weighted by atomic mass is 16.5. The Labute approximate surface area is 113 Å². The van der Waals surface area contributed by atoms with E-state index in [2.05, 4.69) is 10.4 Å². The summed E-state index contributed by atoms with van der Waals surface area (Å²) in [4.78, 5) is 13.9. The fourth-order valence-electron chi connectivity index (χ4n) is 2.01. The summed E-state index contributed by atoms with van der Waals surface area (Å²) < 4.78 is 7.31. The molecule has 0 aliphatic carbocycles. The van der Waals surface area contributed by atoms with E-state index in [4.69, 9.17) is 4.74 Å². The van der Waals surface area contributed by atoms with Gasteiger partial charge in [0.2, 0.25) is 0 Å². The molecule has 0 unspecified atom stereocenters. The molecule has 1 aliphatic heterocycles. The molecule has 0 spiro atoms. The van der Waals surface area contributed by atoms with E-state index in [1.165, 1.54) is 0 Å². The van der Waals surface area contributed by atoms with Crippen molar-refractivity contribution >= 4 is 5.91 Å². The van der Waals surface area contributed by atoms with E-state index >= 15 is 0 Å². The van der Waals surface area contributed by atoms with Gasteiger partial charge < -0.3 is 15.0 Å². The molecule has 6 nitrogen and oxygen atoms in total. The average Bonchev–Trinajstić information content (AvgIpc) is 2.70. The van der Waals surface area contributed by atoms with Gasteiger partial charge in [-0.25, -0.2) is 0 Å². The lowest BCUT2D eigenvalue weighted by molar-refractivity contribution is -0.133. The summed E-state index contributed by atoms with van der Waals surface area (Å²) >= 11 is 0. The van der Waals surface area contributed by atoms with Crippen molar-refractivity contribution < 1.29 is 9.53 Å². The first-order valence-corrected chi connectivity index (χ1v) is 6.82. The number of ether oxygens (including phenoxy) is 1. The van der Waals surface area contributed by atoms with Crippen LogP contribution in [0.1, 0.15) is 26.3 Å². The van der Waals surface area contributed by atoms with Crippen molar-refractivity contribution in [2.75, 3.05) is 32.8 Å². The lowest BCUT2D eigenvalue weighted by atomic mass is 10.4. The molecule has 0 aromatic carbocycles. The van der Waals surface area contributed by atoms with Crippen LogP contribution in [0.25, 0.3) is 0 Å². The van der Waals surface area contributed by atoms with Crippen molar-refractivity contribution in [3.8, 4) is 5.75 Å². The number of amides is 1. The fraction of sp³-hybridized carbons (Fsp3) is 0.692. The largest absolute Gasteiger partial charge is 0.480 e. The highest BCUT2D eigenvalue weighted by molar-refractivity contribution is 5.77. The van der Waals surface area contributed by atoms with E-state index in [0.717, 1.165) is 32.6 Å². The molecule has 1 saturated heterocycles. The third-order valence-corrected chi connectivity index (χ3v) is 3.16. The second kappa shape index (κ2) is 6.56. The second-order valence-electron chi connectivity index (χ2n) is 5.02. The van der Waals surface area contributed by atoms with Crippen molar-refractivity contribution in [3.63, 3.8) is 0 Å². The normalized spacial score (nSPS) is 16.5. The Kier molecular flexibility index (Phi) is 4.79. The number of nitrogens with zero attached hydrogens (tertiary/aromatic N) is 3. The summed E-state index contributed by atoms with van der Waals surface area (Å²) in [7, 11) is 0. The van der Waals surface area contributed by atoms with Crippen molar-refractivity contribution in [2.24, 2.45) is 0 Å². The van der Waals surface area contributed by atoms with Gasteiger partial charge in [0.1, 0.15) is 0 Å². The maximum atomic E-state index is 12.0. The monoisotopic (exact) mass is 266 g/mol. The highest BCUT2D eigenvalue weighted by Crippen LogP contribution is 2.12. The summed E-state index contributed by atoms with van der Waals surface area (Å²) in [6.45, 7) is 7.58. The molecule has 1 aromatic rings. The van der Waals surface area contributed by atoms with Crippen LogP contribution in [-0.4, -0.2) is 53.4 Å². The molecule has 0 radical (unpaired) electrons. The summed E-state index contributed by atoms with van der Waals surface area (Å²) in [6.07, 6.45) is 4.47. The van der Waals surface area contributed by atoms with Crippen LogP contribution in [0.5, 0.6) is 5.75 Å². The molecular weight excluding hydrogens is 244 g/mol. The molecule has 19 heavy (non-hydrogen) atoms. The summed E-state index contributed by atoms with van der Waals surface area (Å²) in [5.41, 5.74) is 0. The molecule has 106 valence electrons. The smallest absolute Gasteiger partial charge is 0.260 e. The highest BCUT2D eigenvalue weighted by Gasteiger charge is 2.16. The number of carbonyl (C=O) groups is 1. The number of hydrogen-bond donors (Lipinski definition) is 1. The molecule has 1 N–H and O–H groups in total. The third-order valence-electron chi connectivity index (χ3n) is 3.16. The van der Waals surface area contributed by atoms with Crippen LogP contribution in [0.15, 0.2) is 12.4 Å². The van der Waals surface area contributed by atoms with Gasteiger partial charge in [0.05, 0.1) is 12.4 Å². The predicted molar refractivity (Wildman–Crippen MR) is 72.2 cm³/mol. The third kappa shape index (κ3) is 3.96. The van der Waals surface area contributed by atoms with E-state index in [-0.39, 0.29) is 12.5 Å². The van der Waals surface area contributed by atoms with Gasteiger partial charge in [0.15, 0.2) is 12.4 Å². The van der Waals surface area contributed by atoms with Crippen molar-refractivity contribution in [2.45, 2.75) is 26.3 Å². The van der Waals surface area contributed by atoms with E-state index in [1.807, 2.05) is 29.6 Å². The predicted octanol–water partition coefficient (Wildman–Crippen LogP) is 0.665. The SMILES string of the molecule is CC(C)n1cc(OCC(=O)N2CCCNCC2)cn1. The summed E-state index contributed by atoms with van der Waals surface area (Å²) in [5, 5.41) is 7.45. The minimum absolute atomic E-state index is 0.0426. The number of rotatable bonds is 4. The number of aromatic nitrogens is 2. The molecule has 6 heteroatoms. The van der Waals surface area contributed by atoms with E-state index in [9.17, 15) is 4.79 Å². The van der Waals surface area contributed by atoms with Crippen LogP contribution in [0.4, 0.5) is 0 Å². The van der Waals surface area contributed by atoms with Crippen LogP contribution in [0.2, 0.25) is 0 Å². The first-order valence-electron chi connectivity index (χ1n) is 6.82. The minimum Gasteiger partial charge on any atom is -0.480 e. The Morgan fingerprint density at radius 3 is 3.05 bits per heavy atom. The average molecular weight is 266 g/mol. The topological polar surface area (TPSA) is 59.4 Å². The molecule has 2 heterocycles. The Morgan fingerprint density at radius 1 is 1.47 bits per heavy atom. The van der Waals surface area contributed by atoms with Gasteiger partial charge in [-0.2, -0.15) is 5.10 Å². The summed E-state index contributed by atoms with van der Waals surface area (Å²) in [6, 6.07) is 0.296. The molecule has 0 atom stereocenters. The van der Waals surface area contributed by atoms with E-state index in [0.29, 0.717) is 11.8 Å². The van der Waals surface area contributed by atoms with Crippen LogP contribution in [0, 0.1) is 0 Å². The lowest BCUT2D eigenvalue weighted by Gasteiger charge is -2.19. The molecule has 0 saturated carbocycles. The van der Waals surface area contributed by atoms with E-state index in [1.54, 1.807) is 6.20 Å². The van der Waals surface area contributed by atoms with Gasteiger partial charge in [0, 0.05) is 25.7 Å². The molecule has 0 bridgehead atoms. The van der Waals surface area contributed by atoms with Crippen LogP contribution >= 0.6 is 0 Å². The molecular formula is C13H22N4O2. The minimum atomic E-state index is 0.0426. The molecule has 1 aromatic heterocycles. The molecule has 1 amide bonds. The zero-order valence-electron chi connectivity index (χ0n) is 11.6. The van der Waals surface area contributed by atoms with Crippen molar-refractivity contribution in [3.05, 3.63) is 12.4 Å². The standard InChI is InChI=1S/C13H22N4O2/c1-11(2)17-9-12(8-15-17)19-10-13(18)16-6-3-4-14-5-7-16/h8-9,11,14H,3-7,10H2,1-2H3.